The van der Waals surface area contributed by atoms with Crippen LogP contribution in [0, 0.1) is 0 Å². The summed E-state index contributed by atoms with van der Waals surface area (Å²) in [5.41, 5.74) is 4.32. The van der Waals surface area contributed by atoms with Crippen molar-refractivity contribution in [1.82, 2.24) is 0 Å². The molecule has 1 atom stereocenters. The third-order valence-electron chi connectivity index (χ3n) is 4.77. The highest BCUT2D eigenvalue weighted by molar-refractivity contribution is 5.97. The van der Waals surface area contributed by atoms with Gasteiger partial charge in [-0.25, -0.2) is 4.79 Å². The first-order valence-electron chi connectivity index (χ1n) is 7.99. The maximum absolute atomic E-state index is 12.4. The van der Waals surface area contributed by atoms with Gasteiger partial charge in [0, 0.05) is 17.7 Å². The number of rotatable bonds is 2. The summed E-state index contributed by atoms with van der Waals surface area (Å²) < 4.78 is 21.5. The Hall–Kier alpha value is -3.15. The summed E-state index contributed by atoms with van der Waals surface area (Å²) in [7, 11) is 1.63. The van der Waals surface area contributed by atoms with Gasteiger partial charge in [0.25, 0.3) is 0 Å². The summed E-state index contributed by atoms with van der Waals surface area (Å²) in [5.74, 6) is 1.66. The van der Waals surface area contributed by atoms with Crippen molar-refractivity contribution in [3.05, 3.63) is 58.8 Å². The molecule has 6 heteroatoms. The fourth-order valence-corrected chi connectivity index (χ4v) is 3.58. The molecule has 2 aromatic carbocycles. The maximum Gasteiger partial charge on any atom is 0.337 e. The summed E-state index contributed by atoms with van der Waals surface area (Å²) in [5, 5.41) is 3.31. The molecular formula is C19H15NO5. The lowest BCUT2D eigenvalue weighted by molar-refractivity contribution is -0.136. The molecule has 0 aromatic heterocycles. The molecule has 0 radical (unpaired) electrons. The van der Waals surface area contributed by atoms with Gasteiger partial charge in [-0.15, -0.1) is 0 Å². The van der Waals surface area contributed by atoms with Crippen LogP contribution in [-0.4, -0.2) is 26.5 Å². The van der Waals surface area contributed by atoms with Crippen LogP contribution in [0.3, 0.4) is 0 Å². The van der Waals surface area contributed by atoms with E-state index in [1.165, 1.54) is 0 Å². The van der Waals surface area contributed by atoms with Crippen molar-refractivity contribution in [2.24, 2.45) is 0 Å². The zero-order chi connectivity index (χ0) is 17.0. The highest BCUT2D eigenvalue weighted by Crippen LogP contribution is 2.48. The predicted octanol–water partition coefficient (Wildman–Crippen LogP) is 2.79. The topological polar surface area (TPSA) is 66.0 Å². The Kier molecular flexibility index (Phi) is 2.94. The van der Waals surface area contributed by atoms with Crippen LogP contribution in [0.4, 0.5) is 5.69 Å². The summed E-state index contributed by atoms with van der Waals surface area (Å²) in [6.45, 7) is 0.468. The Bertz CT molecular complexity index is 916. The lowest BCUT2D eigenvalue weighted by atomic mass is 9.81. The fraction of sp³-hybridized carbons (Fsp3) is 0.211. The first-order chi connectivity index (χ1) is 12.2. The molecule has 6 nitrogen and oxygen atoms in total. The molecular weight excluding hydrogens is 322 g/mol. The number of cyclic esters (lactones) is 1. The molecule has 3 aliphatic heterocycles. The van der Waals surface area contributed by atoms with Crippen LogP contribution in [0.2, 0.25) is 0 Å². The van der Waals surface area contributed by atoms with Crippen LogP contribution in [0.5, 0.6) is 17.2 Å². The standard InChI is InChI=1S/C19H15NO5/c1-22-11-4-2-10(3-5-11)17-12-6-15-16(25-9-24-15)7-13(12)20-14-8-23-19(21)18(14)17/h2-7,17,20H,8-9H2,1H3. The van der Waals surface area contributed by atoms with Gasteiger partial charge in [-0.1, -0.05) is 12.1 Å². The van der Waals surface area contributed by atoms with Crippen molar-refractivity contribution in [2.45, 2.75) is 5.92 Å². The van der Waals surface area contributed by atoms with Crippen LogP contribution in [0.15, 0.2) is 47.7 Å². The van der Waals surface area contributed by atoms with E-state index < -0.39 is 0 Å². The number of fused-ring (bicyclic) bond motifs is 2. The Balaban J connectivity index is 1.69. The highest BCUT2D eigenvalue weighted by atomic mass is 16.7. The van der Waals surface area contributed by atoms with E-state index in [2.05, 4.69) is 5.32 Å². The van der Waals surface area contributed by atoms with Gasteiger partial charge >= 0.3 is 5.97 Å². The smallest absolute Gasteiger partial charge is 0.337 e. The van der Waals surface area contributed by atoms with E-state index in [9.17, 15) is 4.79 Å². The number of esters is 1. The van der Waals surface area contributed by atoms with Crippen molar-refractivity contribution in [3.8, 4) is 17.2 Å². The predicted molar refractivity (Wildman–Crippen MR) is 89.0 cm³/mol. The minimum absolute atomic E-state index is 0.209. The number of methoxy groups -OCH3 is 1. The molecule has 1 N–H and O–H groups in total. The van der Waals surface area contributed by atoms with Crippen molar-refractivity contribution in [2.75, 3.05) is 25.8 Å². The molecule has 1 unspecified atom stereocenters. The van der Waals surface area contributed by atoms with Crippen LogP contribution in [-0.2, 0) is 9.53 Å². The van der Waals surface area contributed by atoms with Crippen LogP contribution >= 0.6 is 0 Å². The molecule has 0 saturated carbocycles. The molecule has 5 rings (SSSR count). The molecule has 0 bridgehead atoms. The number of nitrogens with one attached hydrogen (secondary N) is 1. The van der Waals surface area contributed by atoms with Crippen LogP contribution in [0.25, 0.3) is 0 Å². The third kappa shape index (κ3) is 2.07. The lowest BCUT2D eigenvalue weighted by Gasteiger charge is -2.27. The van der Waals surface area contributed by atoms with Crippen molar-refractivity contribution >= 4 is 11.7 Å². The number of hydrogen-bond donors (Lipinski definition) is 1. The Morgan fingerprint density at radius 3 is 2.60 bits per heavy atom. The molecule has 0 saturated heterocycles. The Labute approximate surface area is 144 Å². The van der Waals surface area contributed by atoms with Gasteiger partial charge in [0.15, 0.2) is 11.5 Å². The normalized spacial score (nSPS) is 19.9. The number of anilines is 1. The SMILES string of the molecule is COc1ccc(C2C3=C(COC3=O)Nc3cc4c(cc32)OCO4)cc1. The second kappa shape index (κ2) is 5.17. The molecule has 2 aromatic rings. The molecule has 0 fully saturated rings. The maximum atomic E-state index is 12.4. The fourth-order valence-electron chi connectivity index (χ4n) is 3.58. The second-order valence-corrected chi connectivity index (χ2v) is 6.09. The summed E-state index contributed by atoms with van der Waals surface area (Å²) in [6, 6.07) is 11.6. The van der Waals surface area contributed by atoms with Gasteiger partial charge in [-0.2, -0.15) is 0 Å². The van der Waals surface area contributed by atoms with Gasteiger partial charge in [0.2, 0.25) is 6.79 Å². The van der Waals surface area contributed by atoms with E-state index in [-0.39, 0.29) is 25.3 Å². The number of carbonyl (C=O) groups excluding carboxylic acids is 1. The zero-order valence-corrected chi connectivity index (χ0v) is 13.5. The molecule has 0 spiro atoms. The largest absolute Gasteiger partial charge is 0.497 e. The minimum Gasteiger partial charge on any atom is -0.497 e. The molecule has 0 amide bonds. The summed E-state index contributed by atoms with van der Waals surface area (Å²) in [6.07, 6.45) is 0. The van der Waals surface area contributed by atoms with Gasteiger partial charge < -0.3 is 24.3 Å². The average Bonchev–Trinajstić information content (AvgIpc) is 3.24. The minimum atomic E-state index is -0.286. The van der Waals surface area contributed by atoms with Crippen LogP contribution < -0.4 is 19.5 Å². The van der Waals surface area contributed by atoms with Gasteiger partial charge in [0.1, 0.15) is 12.4 Å². The van der Waals surface area contributed by atoms with E-state index in [1.807, 2.05) is 36.4 Å². The van der Waals surface area contributed by atoms with E-state index in [0.717, 1.165) is 28.3 Å². The van der Waals surface area contributed by atoms with E-state index in [1.54, 1.807) is 7.11 Å². The first kappa shape index (κ1) is 14.2. The third-order valence-corrected chi connectivity index (χ3v) is 4.77. The van der Waals surface area contributed by atoms with Gasteiger partial charge in [-0.05, 0) is 29.3 Å². The second-order valence-electron chi connectivity index (χ2n) is 6.09. The molecule has 25 heavy (non-hydrogen) atoms. The van der Waals surface area contributed by atoms with E-state index >= 15 is 0 Å². The Morgan fingerprint density at radius 2 is 1.84 bits per heavy atom. The van der Waals surface area contributed by atoms with Crippen molar-refractivity contribution < 1.29 is 23.7 Å². The summed E-state index contributed by atoms with van der Waals surface area (Å²) >= 11 is 0. The van der Waals surface area contributed by atoms with Gasteiger partial charge in [0.05, 0.1) is 18.4 Å². The van der Waals surface area contributed by atoms with E-state index in [0.29, 0.717) is 17.1 Å². The summed E-state index contributed by atoms with van der Waals surface area (Å²) in [4.78, 5) is 12.4. The Morgan fingerprint density at radius 1 is 1.08 bits per heavy atom. The van der Waals surface area contributed by atoms with E-state index in [4.69, 9.17) is 18.9 Å². The molecule has 126 valence electrons. The molecule has 0 aliphatic carbocycles. The highest BCUT2D eigenvalue weighted by Gasteiger charge is 2.39. The number of hydrogen-bond acceptors (Lipinski definition) is 6. The van der Waals surface area contributed by atoms with Gasteiger partial charge in [-0.3, -0.25) is 0 Å². The monoisotopic (exact) mass is 337 g/mol. The first-order valence-corrected chi connectivity index (χ1v) is 7.99. The number of ether oxygens (including phenoxy) is 4. The van der Waals surface area contributed by atoms with Crippen molar-refractivity contribution in [1.29, 1.82) is 0 Å². The number of carbonyl (C=O) groups is 1. The number of benzene rings is 2. The molecule has 3 aliphatic rings. The molecule has 3 heterocycles. The van der Waals surface area contributed by atoms with Crippen molar-refractivity contribution in [3.63, 3.8) is 0 Å². The average molecular weight is 337 g/mol. The zero-order valence-electron chi connectivity index (χ0n) is 13.5. The lowest BCUT2D eigenvalue weighted by Crippen LogP contribution is -2.19. The van der Waals surface area contributed by atoms with Crippen LogP contribution in [0.1, 0.15) is 17.0 Å². The quantitative estimate of drug-likeness (QED) is 0.850.